The topological polar surface area (TPSA) is 53.8 Å². The van der Waals surface area contributed by atoms with E-state index in [9.17, 15) is 9.59 Å². The minimum absolute atomic E-state index is 0.0615. The molecule has 0 unspecified atom stereocenters. The van der Waals surface area contributed by atoms with Crippen molar-refractivity contribution in [1.82, 2.24) is 9.80 Å². The van der Waals surface area contributed by atoms with E-state index in [1.165, 1.54) is 4.88 Å². The molecule has 2 aromatic heterocycles. The van der Waals surface area contributed by atoms with Crippen LogP contribution in [0.2, 0.25) is 5.02 Å². The third-order valence-electron chi connectivity index (χ3n) is 4.54. The maximum atomic E-state index is 12.8. The van der Waals surface area contributed by atoms with Crippen molar-refractivity contribution in [3.05, 3.63) is 67.7 Å². The van der Waals surface area contributed by atoms with Gasteiger partial charge in [0.15, 0.2) is 0 Å². The summed E-state index contributed by atoms with van der Waals surface area (Å²) in [5.41, 5.74) is -0.117. The van der Waals surface area contributed by atoms with Gasteiger partial charge < -0.3 is 9.32 Å². The van der Waals surface area contributed by atoms with Crippen LogP contribution in [-0.4, -0.2) is 41.9 Å². The first-order valence-corrected chi connectivity index (χ1v) is 9.63. The number of benzene rings is 1. The van der Waals surface area contributed by atoms with Gasteiger partial charge in [-0.05, 0) is 35.7 Å². The maximum absolute atomic E-state index is 12.8. The van der Waals surface area contributed by atoms with Crippen LogP contribution in [0.3, 0.4) is 0 Å². The molecule has 1 aliphatic rings. The van der Waals surface area contributed by atoms with Crippen LogP contribution in [0.25, 0.3) is 11.0 Å². The van der Waals surface area contributed by atoms with Gasteiger partial charge in [-0.2, -0.15) is 0 Å². The van der Waals surface area contributed by atoms with Gasteiger partial charge >= 0.3 is 5.63 Å². The highest BCUT2D eigenvalue weighted by Crippen LogP contribution is 2.20. The van der Waals surface area contributed by atoms with Crippen molar-refractivity contribution in [2.75, 3.05) is 26.2 Å². The molecule has 1 saturated heterocycles. The number of halogens is 1. The Morgan fingerprint density at radius 3 is 2.69 bits per heavy atom. The normalized spacial score (nSPS) is 15.5. The first-order chi connectivity index (χ1) is 12.6. The highest BCUT2D eigenvalue weighted by molar-refractivity contribution is 7.09. The van der Waals surface area contributed by atoms with Crippen LogP contribution in [0.5, 0.6) is 0 Å². The Morgan fingerprint density at radius 2 is 1.96 bits per heavy atom. The van der Waals surface area contributed by atoms with Crippen LogP contribution < -0.4 is 5.63 Å². The van der Waals surface area contributed by atoms with Gasteiger partial charge in [0.05, 0.1) is 0 Å². The van der Waals surface area contributed by atoms with Crippen LogP contribution in [-0.2, 0) is 6.54 Å². The molecule has 3 aromatic rings. The van der Waals surface area contributed by atoms with Gasteiger partial charge in [0.1, 0.15) is 11.1 Å². The number of thiophene rings is 1. The minimum Gasteiger partial charge on any atom is -0.422 e. The summed E-state index contributed by atoms with van der Waals surface area (Å²) >= 11 is 7.73. The first kappa shape index (κ1) is 17.3. The van der Waals surface area contributed by atoms with Crippen LogP contribution in [0.1, 0.15) is 15.2 Å². The van der Waals surface area contributed by atoms with Gasteiger partial charge in [0.2, 0.25) is 0 Å². The van der Waals surface area contributed by atoms with Crippen LogP contribution >= 0.6 is 22.9 Å². The largest absolute Gasteiger partial charge is 0.422 e. The Kier molecular flexibility index (Phi) is 4.80. The maximum Gasteiger partial charge on any atom is 0.349 e. The molecule has 5 nitrogen and oxygen atoms in total. The van der Waals surface area contributed by atoms with Crippen LogP contribution in [0.15, 0.2) is 51.0 Å². The molecule has 26 heavy (non-hydrogen) atoms. The lowest BCUT2D eigenvalue weighted by Gasteiger charge is -2.34. The lowest BCUT2D eigenvalue weighted by Crippen LogP contribution is -2.48. The molecule has 7 heteroatoms. The lowest BCUT2D eigenvalue weighted by molar-refractivity contribution is 0.0625. The molecule has 0 aliphatic carbocycles. The third-order valence-corrected chi connectivity index (χ3v) is 5.64. The van der Waals surface area contributed by atoms with Crippen LogP contribution in [0.4, 0.5) is 0 Å². The fourth-order valence-corrected chi connectivity index (χ4v) is 4.07. The molecule has 0 radical (unpaired) electrons. The van der Waals surface area contributed by atoms with E-state index in [4.69, 9.17) is 16.0 Å². The number of rotatable bonds is 3. The van der Waals surface area contributed by atoms with Crippen molar-refractivity contribution in [2.45, 2.75) is 6.54 Å². The quantitative estimate of drug-likeness (QED) is 0.645. The number of piperazine rings is 1. The number of hydrogen-bond donors (Lipinski definition) is 0. The van der Waals surface area contributed by atoms with E-state index >= 15 is 0 Å². The molecule has 0 bridgehead atoms. The van der Waals surface area contributed by atoms with Crippen molar-refractivity contribution in [2.24, 2.45) is 0 Å². The molecule has 3 heterocycles. The van der Waals surface area contributed by atoms with E-state index in [0.29, 0.717) is 29.1 Å². The third kappa shape index (κ3) is 3.53. The summed E-state index contributed by atoms with van der Waals surface area (Å²) in [6.07, 6.45) is 0. The zero-order chi connectivity index (χ0) is 18.1. The lowest BCUT2D eigenvalue weighted by atomic mass is 10.1. The van der Waals surface area contributed by atoms with Crippen molar-refractivity contribution in [1.29, 1.82) is 0 Å². The second-order valence-corrected chi connectivity index (χ2v) is 7.75. The molecule has 134 valence electrons. The summed E-state index contributed by atoms with van der Waals surface area (Å²) in [5, 5.41) is 3.25. The van der Waals surface area contributed by atoms with Gasteiger partial charge in [-0.25, -0.2) is 4.79 Å². The van der Waals surface area contributed by atoms with Crippen molar-refractivity contribution < 1.29 is 9.21 Å². The van der Waals surface area contributed by atoms with Crippen molar-refractivity contribution in [3.8, 4) is 0 Å². The molecule has 0 N–H and O–H groups in total. The van der Waals surface area contributed by atoms with E-state index < -0.39 is 5.63 Å². The summed E-state index contributed by atoms with van der Waals surface area (Å²) in [7, 11) is 0. The summed E-state index contributed by atoms with van der Waals surface area (Å²) in [4.78, 5) is 30.4. The second kappa shape index (κ2) is 7.23. The highest BCUT2D eigenvalue weighted by atomic mass is 35.5. The summed E-state index contributed by atoms with van der Waals surface area (Å²) in [6, 6.07) is 10.7. The molecular weight excluding hydrogens is 372 g/mol. The fourth-order valence-electron chi connectivity index (χ4n) is 3.15. The second-order valence-electron chi connectivity index (χ2n) is 6.28. The van der Waals surface area contributed by atoms with Crippen molar-refractivity contribution >= 4 is 39.8 Å². The molecule has 4 rings (SSSR count). The predicted molar refractivity (Wildman–Crippen MR) is 103 cm³/mol. The zero-order valence-corrected chi connectivity index (χ0v) is 15.6. The summed E-state index contributed by atoms with van der Waals surface area (Å²) < 4.78 is 5.28. The summed E-state index contributed by atoms with van der Waals surface area (Å²) in [5.74, 6) is -0.281. The van der Waals surface area contributed by atoms with Gasteiger partial charge in [-0.15, -0.1) is 11.3 Å². The van der Waals surface area contributed by atoms with Gasteiger partial charge in [0, 0.05) is 48.0 Å². The minimum atomic E-state index is -0.606. The van der Waals surface area contributed by atoms with Gasteiger partial charge in [-0.1, -0.05) is 17.7 Å². The molecule has 0 saturated carbocycles. The SMILES string of the molecule is O=C(c1cc2cc(Cl)ccc2oc1=O)N1CCN(Cc2cccs2)CC1. The molecule has 1 aliphatic heterocycles. The Hall–Kier alpha value is -2.15. The number of fused-ring (bicyclic) bond motifs is 1. The molecule has 0 spiro atoms. The molecule has 1 amide bonds. The highest BCUT2D eigenvalue weighted by Gasteiger charge is 2.25. The monoisotopic (exact) mass is 388 g/mol. The molecule has 1 fully saturated rings. The fraction of sp³-hybridized carbons (Fsp3) is 0.263. The van der Waals surface area contributed by atoms with E-state index in [-0.39, 0.29) is 11.5 Å². The van der Waals surface area contributed by atoms with E-state index in [2.05, 4.69) is 16.3 Å². The average molecular weight is 389 g/mol. The average Bonchev–Trinajstić information content (AvgIpc) is 3.14. The van der Waals surface area contributed by atoms with E-state index in [0.717, 1.165) is 19.6 Å². The number of amides is 1. The van der Waals surface area contributed by atoms with E-state index in [1.807, 2.05) is 6.07 Å². The van der Waals surface area contributed by atoms with Crippen molar-refractivity contribution in [3.63, 3.8) is 0 Å². The number of carbonyl (C=O) groups is 1. The standard InChI is InChI=1S/C19H17ClN2O3S/c20-14-3-4-17-13(10-14)11-16(19(24)25-17)18(23)22-7-5-21(6-8-22)12-15-2-1-9-26-15/h1-4,9-11H,5-8,12H2. The Bertz CT molecular complexity index is 992. The molecule has 1 aromatic carbocycles. The number of nitrogens with zero attached hydrogens (tertiary/aromatic N) is 2. The molecule has 0 atom stereocenters. The van der Waals surface area contributed by atoms with Gasteiger partial charge in [0.25, 0.3) is 5.91 Å². The first-order valence-electron chi connectivity index (χ1n) is 8.37. The van der Waals surface area contributed by atoms with E-state index in [1.54, 1.807) is 40.5 Å². The Balaban J connectivity index is 1.49. The number of carbonyl (C=O) groups excluding carboxylic acids is 1. The summed E-state index contributed by atoms with van der Waals surface area (Å²) in [6.45, 7) is 3.66. The Labute approximate surface area is 159 Å². The molecular formula is C19H17ClN2O3S. The Morgan fingerprint density at radius 1 is 1.15 bits per heavy atom. The van der Waals surface area contributed by atoms with Crippen LogP contribution in [0, 0.1) is 0 Å². The predicted octanol–water partition coefficient (Wildman–Crippen LogP) is 3.47. The smallest absolute Gasteiger partial charge is 0.349 e. The van der Waals surface area contributed by atoms with Gasteiger partial charge in [-0.3, -0.25) is 9.69 Å². The number of hydrogen-bond acceptors (Lipinski definition) is 5. The zero-order valence-electron chi connectivity index (χ0n) is 14.0.